The number of hydrogen-bond acceptors (Lipinski definition) is 5. The van der Waals surface area contributed by atoms with Crippen LogP contribution < -0.4 is 0 Å². The van der Waals surface area contributed by atoms with Crippen LogP contribution in [0.5, 0.6) is 0 Å². The van der Waals surface area contributed by atoms with Crippen LogP contribution in [0.3, 0.4) is 0 Å². The second-order valence-electron chi connectivity index (χ2n) is 4.58. The number of thioether (sulfide) groups is 1. The summed E-state index contributed by atoms with van der Waals surface area (Å²) in [4.78, 5) is 32.5. The van der Waals surface area contributed by atoms with Crippen LogP contribution in [0.1, 0.15) is 34.7 Å². The Morgan fingerprint density at radius 1 is 1.25 bits per heavy atom. The lowest BCUT2D eigenvalue weighted by Crippen LogP contribution is -2.21. The van der Waals surface area contributed by atoms with Gasteiger partial charge in [-0.25, -0.2) is 14.8 Å². The fourth-order valence-corrected chi connectivity index (χ4v) is 2.71. The number of aromatic nitrogens is 2. The highest BCUT2D eigenvalue weighted by atomic mass is 32.2. The average Bonchev–Trinajstić information content (AvgIpc) is 2.32. The third-order valence-electron chi connectivity index (χ3n) is 2.65. The summed E-state index contributed by atoms with van der Waals surface area (Å²) in [6.07, 6.45) is 1.13. The molecule has 20 heavy (non-hydrogen) atoms. The highest BCUT2D eigenvalue weighted by Crippen LogP contribution is 2.23. The van der Waals surface area contributed by atoms with Crippen molar-refractivity contribution in [1.29, 1.82) is 0 Å². The van der Waals surface area contributed by atoms with E-state index in [-0.39, 0.29) is 11.5 Å². The van der Waals surface area contributed by atoms with Crippen LogP contribution in [0.15, 0.2) is 5.03 Å². The molecule has 0 saturated heterocycles. The maximum absolute atomic E-state index is 11.4. The molecule has 1 rings (SSSR count). The van der Waals surface area contributed by atoms with Gasteiger partial charge in [0.1, 0.15) is 16.4 Å². The molecule has 0 aliphatic heterocycles. The fourth-order valence-electron chi connectivity index (χ4n) is 1.65. The molecule has 7 heteroatoms. The lowest BCUT2D eigenvalue weighted by molar-refractivity contribution is -0.128. The van der Waals surface area contributed by atoms with Crippen LogP contribution in [0.25, 0.3) is 0 Å². The van der Waals surface area contributed by atoms with Crippen LogP contribution in [-0.4, -0.2) is 51.7 Å². The van der Waals surface area contributed by atoms with Gasteiger partial charge in [0.15, 0.2) is 0 Å². The van der Waals surface area contributed by atoms with Crippen molar-refractivity contribution >= 4 is 23.6 Å². The molecule has 0 aromatic carbocycles. The Bertz CT molecular complexity index is 518. The zero-order valence-electron chi connectivity index (χ0n) is 12.1. The van der Waals surface area contributed by atoms with E-state index in [1.807, 2.05) is 0 Å². The third kappa shape index (κ3) is 4.48. The number of carboxylic acid groups (broad SMARTS) is 1. The Hall–Kier alpha value is -1.63. The minimum atomic E-state index is -1.02. The molecule has 110 valence electrons. The first-order valence-electron chi connectivity index (χ1n) is 6.24. The molecule has 0 atom stereocenters. The Morgan fingerprint density at radius 2 is 1.90 bits per heavy atom. The Balaban J connectivity index is 2.68. The largest absolute Gasteiger partial charge is 0.478 e. The molecule has 1 aromatic rings. The summed E-state index contributed by atoms with van der Waals surface area (Å²) in [6.45, 7) is 3.40. The Labute approximate surface area is 122 Å². The van der Waals surface area contributed by atoms with Gasteiger partial charge in [0.05, 0.1) is 5.69 Å². The smallest absolute Gasteiger partial charge is 0.340 e. The van der Waals surface area contributed by atoms with Gasteiger partial charge >= 0.3 is 5.97 Å². The minimum Gasteiger partial charge on any atom is -0.478 e. The normalized spacial score (nSPS) is 10.4. The molecule has 0 radical (unpaired) electrons. The average molecular weight is 297 g/mol. The Kier molecular flexibility index (Phi) is 5.94. The zero-order valence-corrected chi connectivity index (χ0v) is 13.0. The van der Waals surface area contributed by atoms with Gasteiger partial charge in [-0.1, -0.05) is 0 Å². The fraction of sp³-hybridized carbons (Fsp3) is 0.538. The molecule has 0 aliphatic rings. The second-order valence-corrected chi connectivity index (χ2v) is 5.67. The summed E-state index contributed by atoms with van der Waals surface area (Å²) in [5, 5.41) is 9.67. The van der Waals surface area contributed by atoms with Gasteiger partial charge in [-0.2, -0.15) is 0 Å². The number of carbonyl (C=O) groups excluding carboxylic acids is 1. The van der Waals surface area contributed by atoms with E-state index >= 15 is 0 Å². The molecule has 0 fully saturated rings. The molecule has 1 aromatic heterocycles. The summed E-state index contributed by atoms with van der Waals surface area (Å²) in [6, 6.07) is 0. The standard InChI is InChI=1S/C13H19N3O3S/c1-8-11(13(18)19)12(15-9(2)14-8)20-7-5-6-10(17)16(3)4/h5-7H2,1-4H3,(H,18,19). The van der Waals surface area contributed by atoms with Crippen molar-refractivity contribution < 1.29 is 14.7 Å². The van der Waals surface area contributed by atoms with Gasteiger partial charge < -0.3 is 10.0 Å². The number of nitrogens with zero attached hydrogens (tertiary/aromatic N) is 3. The molecule has 1 heterocycles. The van der Waals surface area contributed by atoms with Crippen LogP contribution in [0.4, 0.5) is 0 Å². The van der Waals surface area contributed by atoms with E-state index < -0.39 is 5.97 Å². The van der Waals surface area contributed by atoms with Crippen LogP contribution in [0, 0.1) is 13.8 Å². The second kappa shape index (κ2) is 7.23. The summed E-state index contributed by atoms with van der Waals surface area (Å²) in [5.74, 6) is 0.253. The van der Waals surface area contributed by atoms with E-state index in [0.29, 0.717) is 35.1 Å². The molecule has 0 bridgehead atoms. The first kappa shape index (κ1) is 16.4. The number of carbonyl (C=O) groups is 2. The van der Waals surface area contributed by atoms with Crippen molar-refractivity contribution in [3.05, 3.63) is 17.1 Å². The van der Waals surface area contributed by atoms with E-state index in [2.05, 4.69) is 9.97 Å². The first-order chi connectivity index (χ1) is 9.32. The molecule has 1 amide bonds. The van der Waals surface area contributed by atoms with E-state index in [0.717, 1.165) is 0 Å². The number of aromatic carboxylic acids is 1. The van der Waals surface area contributed by atoms with E-state index in [1.54, 1.807) is 32.8 Å². The molecular formula is C13H19N3O3S. The van der Waals surface area contributed by atoms with E-state index in [4.69, 9.17) is 0 Å². The van der Waals surface area contributed by atoms with Crippen molar-refractivity contribution in [2.45, 2.75) is 31.7 Å². The zero-order chi connectivity index (χ0) is 15.3. The van der Waals surface area contributed by atoms with Gasteiger partial charge in [-0.05, 0) is 20.3 Å². The number of hydrogen-bond donors (Lipinski definition) is 1. The minimum absolute atomic E-state index is 0.0686. The molecule has 0 spiro atoms. The lowest BCUT2D eigenvalue weighted by atomic mass is 10.2. The third-order valence-corrected chi connectivity index (χ3v) is 3.72. The van der Waals surface area contributed by atoms with Crippen LogP contribution >= 0.6 is 11.8 Å². The maximum atomic E-state index is 11.4. The summed E-state index contributed by atoms with van der Waals surface area (Å²) >= 11 is 1.35. The predicted molar refractivity (Wildman–Crippen MR) is 77.1 cm³/mol. The van der Waals surface area contributed by atoms with Crippen molar-refractivity contribution in [3.8, 4) is 0 Å². The molecule has 0 aliphatic carbocycles. The summed E-state index contributed by atoms with van der Waals surface area (Å²) in [7, 11) is 3.43. The number of carboxylic acids is 1. The van der Waals surface area contributed by atoms with Gasteiger partial charge in [0, 0.05) is 26.3 Å². The van der Waals surface area contributed by atoms with E-state index in [9.17, 15) is 14.7 Å². The van der Waals surface area contributed by atoms with Gasteiger partial charge in [0.2, 0.25) is 5.91 Å². The van der Waals surface area contributed by atoms with Crippen molar-refractivity contribution in [2.75, 3.05) is 19.8 Å². The summed E-state index contributed by atoms with van der Waals surface area (Å²) in [5.41, 5.74) is 0.622. The van der Waals surface area contributed by atoms with E-state index in [1.165, 1.54) is 11.8 Å². The van der Waals surface area contributed by atoms with Crippen molar-refractivity contribution in [3.63, 3.8) is 0 Å². The van der Waals surface area contributed by atoms with Gasteiger partial charge in [-0.15, -0.1) is 11.8 Å². The highest BCUT2D eigenvalue weighted by Gasteiger charge is 2.17. The number of amides is 1. The molecule has 1 N–H and O–H groups in total. The van der Waals surface area contributed by atoms with Crippen molar-refractivity contribution in [1.82, 2.24) is 14.9 Å². The highest BCUT2D eigenvalue weighted by molar-refractivity contribution is 7.99. The SMILES string of the molecule is Cc1nc(C)c(C(=O)O)c(SCCCC(=O)N(C)C)n1. The maximum Gasteiger partial charge on any atom is 0.340 e. The molecule has 0 saturated carbocycles. The summed E-state index contributed by atoms with van der Waals surface area (Å²) < 4.78 is 0. The van der Waals surface area contributed by atoms with Crippen molar-refractivity contribution in [2.24, 2.45) is 0 Å². The lowest BCUT2D eigenvalue weighted by Gasteiger charge is -2.10. The molecule has 6 nitrogen and oxygen atoms in total. The quantitative estimate of drug-likeness (QED) is 0.489. The van der Waals surface area contributed by atoms with Gasteiger partial charge in [-0.3, -0.25) is 4.79 Å². The Morgan fingerprint density at radius 3 is 2.45 bits per heavy atom. The topological polar surface area (TPSA) is 83.4 Å². The predicted octanol–water partition coefficient (Wildman–Crippen LogP) is 1.75. The number of rotatable bonds is 6. The van der Waals surface area contributed by atoms with Crippen LogP contribution in [-0.2, 0) is 4.79 Å². The number of aryl methyl sites for hydroxylation is 2. The van der Waals surface area contributed by atoms with Gasteiger partial charge in [0.25, 0.3) is 0 Å². The molecule has 0 unspecified atom stereocenters. The monoisotopic (exact) mass is 297 g/mol. The molecular weight excluding hydrogens is 278 g/mol. The first-order valence-corrected chi connectivity index (χ1v) is 7.23. The van der Waals surface area contributed by atoms with Crippen LogP contribution in [0.2, 0.25) is 0 Å².